The minimum atomic E-state index is -0.425. The van der Waals surface area contributed by atoms with Gasteiger partial charge in [-0.25, -0.2) is 4.98 Å². The number of hydrogen-bond acceptors (Lipinski definition) is 5. The van der Waals surface area contributed by atoms with Crippen LogP contribution in [0.15, 0.2) is 59.5 Å². The van der Waals surface area contributed by atoms with Crippen LogP contribution < -0.4 is 10.5 Å². The van der Waals surface area contributed by atoms with Crippen LogP contribution in [0.1, 0.15) is 29.8 Å². The molecule has 0 radical (unpaired) electrons. The van der Waals surface area contributed by atoms with Crippen molar-refractivity contribution in [3.05, 3.63) is 86.9 Å². The van der Waals surface area contributed by atoms with Crippen LogP contribution in [0.2, 0.25) is 5.02 Å². The lowest BCUT2D eigenvalue weighted by Gasteiger charge is -2.40. The number of aromatic nitrogens is 2. The van der Waals surface area contributed by atoms with Crippen molar-refractivity contribution in [1.29, 1.82) is 0 Å². The second kappa shape index (κ2) is 9.12. The van der Waals surface area contributed by atoms with E-state index >= 15 is 0 Å². The molecule has 31 heavy (non-hydrogen) atoms. The van der Waals surface area contributed by atoms with E-state index in [2.05, 4.69) is 14.8 Å². The summed E-state index contributed by atoms with van der Waals surface area (Å²) in [6, 6.07) is 14.7. The van der Waals surface area contributed by atoms with Gasteiger partial charge in [0, 0.05) is 49.6 Å². The number of anilines is 1. The Morgan fingerprint density at radius 3 is 2.45 bits per heavy atom. The molecule has 0 spiro atoms. The molecule has 1 fully saturated rings. The molecule has 162 valence electrons. The van der Waals surface area contributed by atoms with E-state index in [1.165, 1.54) is 0 Å². The number of rotatable bonds is 5. The number of halogens is 1. The molecule has 4 rings (SSSR count). The van der Waals surface area contributed by atoms with E-state index in [4.69, 9.17) is 11.6 Å². The zero-order valence-corrected chi connectivity index (χ0v) is 18.6. The monoisotopic (exact) mass is 438 g/mol. The van der Waals surface area contributed by atoms with E-state index in [1.54, 1.807) is 16.8 Å². The minimum absolute atomic E-state index is 0.0178. The van der Waals surface area contributed by atoms with Crippen molar-refractivity contribution in [3.63, 3.8) is 0 Å². The van der Waals surface area contributed by atoms with Crippen LogP contribution in [0, 0.1) is 6.92 Å². The van der Waals surface area contributed by atoms with Crippen molar-refractivity contribution in [3.8, 4) is 5.75 Å². The third-order valence-electron chi connectivity index (χ3n) is 5.97. The third kappa shape index (κ3) is 4.18. The maximum atomic E-state index is 13.4. The number of aromatic hydroxyl groups is 1. The van der Waals surface area contributed by atoms with E-state index in [9.17, 15) is 9.90 Å². The van der Waals surface area contributed by atoms with E-state index in [1.807, 2.05) is 56.3 Å². The first-order valence-corrected chi connectivity index (χ1v) is 11.0. The molecular formula is C24H27ClN4O2. The van der Waals surface area contributed by atoms with Gasteiger partial charge in [-0.2, -0.15) is 0 Å². The van der Waals surface area contributed by atoms with Crippen LogP contribution in [0.5, 0.6) is 5.75 Å². The lowest BCUT2D eigenvalue weighted by atomic mass is 9.96. The Hall–Kier alpha value is -2.83. The van der Waals surface area contributed by atoms with E-state index < -0.39 is 6.04 Å². The number of hydrogen-bond donors (Lipinski definition) is 1. The number of benzene rings is 1. The Labute approximate surface area is 187 Å². The molecule has 0 saturated carbocycles. The second-order valence-corrected chi connectivity index (χ2v) is 8.18. The number of piperazine rings is 1. The van der Waals surface area contributed by atoms with Gasteiger partial charge < -0.3 is 14.6 Å². The van der Waals surface area contributed by atoms with Gasteiger partial charge in [-0.15, -0.1) is 0 Å². The Morgan fingerprint density at radius 2 is 1.81 bits per heavy atom. The zero-order valence-electron chi connectivity index (χ0n) is 17.8. The van der Waals surface area contributed by atoms with Crippen molar-refractivity contribution in [2.45, 2.75) is 26.4 Å². The Bertz CT molecular complexity index is 1110. The van der Waals surface area contributed by atoms with Crippen molar-refractivity contribution in [1.82, 2.24) is 14.5 Å². The Kier molecular flexibility index (Phi) is 6.30. The molecule has 0 amide bonds. The third-order valence-corrected chi connectivity index (χ3v) is 6.31. The number of aryl methyl sites for hydroxylation is 1. The lowest BCUT2D eigenvalue weighted by molar-refractivity contribution is 0.207. The fraction of sp³-hybridized carbons (Fsp3) is 0.333. The van der Waals surface area contributed by atoms with Gasteiger partial charge in [0.15, 0.2) is 0 Å². The van der Waals surface area contributed by atoms with E-state index in [0.29, 0.717) is 30.2 Å². The molecule has 1 aliphatic heterocycles. The summed E-state index contributed by atoms with van der Waals surface area (Å²) in [4.78, 5) is 22.3. The highest BCUT2D eigenvalue weighted by molar-refractivity contribution is 6.31. The van der Waals surface area contributed by atoms with Crippen LogP contribution in [0.25, 0.3) is 0 Å². The lowest BCUT2D eigenvalue weighted by Crippen LogP contribution is -2.49. The molecule has 0 unspecified atom stereocenters. The van der Waals surface area contributed by atoms with Crippen molar-refractivity contribution in [2.24, 2.45) is 0 Å². The summed E-state index contributed by atoms with van der Waals surface area (Å²) in [5.74, 6) is 0.965. The molecule has 6 nitrogen and oxygen atoms in total. The van der Waals surface area contributed by atoms with Gasteiger partial charge >= 0.3 is 0 Å². The molecule has 1 aromatic carbocycles. The molecule has 2 aromatic heterocycles. The highest BCUT2D eigenvalue weighted by Gasteiger charge is 2.32. The topological polar surface area (TPSA) is 61.6 Å². The molecule has 0 bridgehead atoms. The maximum absolute atomic E-state index is 13.4. The van der Waals surface area contributed by atoms with Gasteiger partial charge in [0.1, 0.15) is 11.6 Å². The van der Waals surface area contributed by atoms with Crippen molar-refractivity contribution < 1.29 is 5.11 Å². The van der Waals surface area contributed by atoms with Gasteiger partial charge in [0.25, 0.3) is 5.56 Å². The summed E-state index contributed by atoms with van der Waals surface area (Å²) < 4.78 is 1.70. The quantitative estimate of drug-likeness (QED) is 0.655. The Morgan fingerprint density at radius 1 is 1.10 bits per heavy atom. The van der Waals surface area contributed by atoms with Gasteiger partial charge in [-0.3, -0.25) is 9.69 Å². The summed E-state index contributed by atoms with van der Waals surface area (Å²) in [7, 11) is 0. The van der Waals surface area contributed by atoms with Gasteiger partial charge in [-0.05, 0) is 43.7 Å². The normalized spacial score (nSPS) is 15.8. The molecule has 3 aromatic rings. The van der Waals surface area contributed by atoms with E-state index in [0.717, 1.165) is 30.2 Å². The molecule has 0 aliphatic carbocycles. The first-order valence-electron chi connectivity index (χ1n) is 10.6. The summed E-state index contributed by atoms with van der Waals surface area (Å²) in [6.45, 7) is 7.28. The number of pyridine rings is 2. The van der Waals surface area contributed by atoms with Gasteiger partial charge in [-0.1, -0.05) is 35.9 Å². The van der Waals surface area contributed by atoms with Crippen molar-refractivity contribution in [2.75, 3.05) is 31.1 Å². The van der Waals surface area contributed by atoms with Gasteiger partial charge in [0.05, 0.1) is 11.6 Å². The molecule has 3 heterocycles. The first-order chi connectivity index (χ1) is 15.0. The fourth-order valence-electron chi connectivity index (χ4n) is 4.40. The first kappa shape index (κ1) is 21.4. The van der Waals surface area contributed by atoms with E-state index in [-0.39, 0.29) is 11.3 Å². The Balaban J connectivity index is 1.75. The average molecular weight is 439 g/mol. The molecule has 1 N–H and O–H groups in total. The fourth-order valence-corrected chi connectivity index (χ4v) is 4.64. The average Bonchev–Trinajstić information content (AvgIpc) is 2.78. The SMILES string of the molecule is CCn1c(C)cc(O)c([C@H](c2ccccc2Cl)N2CCN(c3ccccn3)CC2)c1=O. The highest BCUT2D eigenvalue weighted by Crippen LogP contribution is 2.36. The molecule has 1 atom stereocenters. The zero-order chi connectivity index (χ0) is 22.0. The summed E-state index contributed by atoms with van der Waals surface area (Å²) >= 11 is 6.58. The number of nitrogens with zero attached hydrogens (tertiary/aromatic N) is 4. The molecule has 1 aliphatic rings. The van der Waals surface area contributed by atoms with Crippen LogP contribution in [-0.4, -0.2) is 45.7 Å². The van der Waals surface area contributed by atoms with Crippen LogP contribution in [0.3, 0.4) is 0 Å². The molecule has 7 heteroatoms. The maximum Gasteiger partial charge on any atom is 0.259 e. The molecular weight excluding hydrogens is 412 g/mol. The standard InChI is InChI=1S/C24H27ClN4O2/c1-3-29-17(2)16-20(30)22(24(29)31)23(18-8-4-5-9-19(18)25)28-14-12-27(13-15-28)21-10-6-7-11-26-21/h4-11,16,23,30H,3,12-15H2,1-2H3/t23-/m0/s1. The van der Waals surface area contributed by atoms with Crippen LogP contribution in [-0.2, 0) is 6.54 Å². The van der Waals surface area contributed by atoms with Crippen molar-refractivity contribution >= 4 is 17.4 Å². The summed E-state index contributed by atoms with van der Waals surface area (Å²) in [6.07, 6.45) is 1.80. The van der Waals surface area contributed by atoms with Gasteiger partial charge in [0.2, 0.25) is 0 Å². The predicted molar refractivity (Wildman–Crippen MR) is 124 cm³/mol. The molecule has 1 saturated heterocycles. The summed E-state index contributed by atoms with van der Waals surface area (Å²) in [5, 5.41) is 11.5. The minimum Gasteiger partial charge on any atom is -0.507 e. The van der Waals surface area contributed by atoms with Crippen LogP contribution in [0.4, 0.5) is 5.82 Å². The smallest absolute Gasteiger partial charge is 0.259 e. The largest absolute Gasteiger partial charge is 0.507 e. The second-order valence-electron chi connectivity index (χ2n) is 7.77. The predicted octanol–water partition coefficient (Wildman–Crippen LogP) is 3.84. The highest BCUT2D eigenvalue weighted by atomic mass is 35.5. The van der Waals surface area contributed by atoms with Crippen LogP contribution >= 0.6 is 11.6 Å². The summed E-state index contributed by atoms with van der Waals surface area (Å²) in [5.41, 5.74) is 1.78.